The number of benzene rings is 1. The Morgan fingerprint density at radius 1 is 1.20 bits per heavy atom. The Kier molecular flexibility index (Phi) is 6.32. The number of nitrogens with two attached hydrogens (primary N) is 1. The monoisotopic (exact) mass is 344 g/mol. The van der Waals surface area contributed by atoms with Crippen molar-refractivity contribution < 1.29 is 4.79 Å². The maximum atomic E-state index is 12.3. The largest absolute Gasteiger partial charge is 0.399 e. The predicted molar refractivity (Wildman–Crippen MR) is 102 cm³/mol. The van der Waals surface area contributed by atoms with Crippen LogP contribution in [0.25, 0.3) is 0 Å². The molecule has 0 aromatic heterocycles. The van der Waals surface area contributed by atoms with E-state index in [-0.39, 0.29) is 5.91 Å². The van der Waals surface area contributed by atoms with Crippen LogP contribution >= 0.6 is 0 Å². The van der Waals surface area contributed by atoms with Crippen molar-refractivity contribution in [2.75, 3.05) is 38.5 Å². The van der Waals surface area contributed by atoms with Crippen LogP contribution in [0.3, 0.4) is 0 Å². The molecule has 1 aliphatic heterocycles. The second kappa shape index (κ2) is 8.68. The van der Waals surface area contributed by atoms with Gasteiger partial charge in [-0.05, 0) is 36.5 Å². The molecule has 1 saturated heterocycles. The lowest BCUT2D eigenvalue weighted by molar-refractivity contribution is -0.123. The summed E-state index contributed by atoms with van der Waals surface area (Å²) in [6.07, 6.45) is 4.83. The van der Waals surface area contributed by atoms with Crippen molar-refractivity contribution in [2.45, 2.75) is 45.2 Å². The highest BCUT2D eigenvalue weighted by molar-refractivity contribution is 5.78. The molecule has 0 radical (unpaired) electrons. The zero-order valence-electron chi connectivity index (χ0n) is 15.4. The fourth-order valence-electron chi connectivity index (χ4n) is 4.10. The minimum atomic E-state index is 0.198. The number of hydrogen-bond donors (Lipinski definition) is 2. The number of anilines is 1. The highest BCUT2D eigenvalue weighted by Gasteiger charge is 2.23. The number of nitrogens with zero attached hydrogens (tertiary/aromatic N) is 2. The summed E-state index contributed by atoms with van der Waals surface area (Å²) in [5, 5.41) is 3.25. The smallest absolute Gasteiger partial charge is 0.234 e. The maximum absolute atomic E-state index is 12.3. The van der Waals surface area contributed by atoms with Gasteiger partial charge in [-0.25, -0.2) is 0 Å². The first kappa shape index (κ1) is 18.2. The third-order valence-electron chi connectivity index (χ3n) is 5.49. The number of amides is 1. The lowest BCUT2D eigenvalue weighted by Crippen LogP contribution is -2.50. The molecule has 5 nitrogen and oxygen atoms in total. The van der Waals surface area contributed by atoms with E-state index in [1.807, 2.05) is 18.2 Å². The van der Waals surface area contributed by atoms with Gasteiger partial charge in [0.15, 0.2) is 0 Å². The Bertz CT molecular complexity index is 569. The molecule has 2 aliphatic rings. The molecule has 0 bridgehead atoms. The van der Waals surface area contributed by atoms with Gasteiger partial charge >= 0.3 is 0 Å². The van der Waals surface area contributed by atoms with E-state index in [2.05, 4.69) is 28.1 Å². The Morgan fingerprint density at radius 2 is 1.96 bits per heavy atom. The van der Waals surface area contributed by atoms with Crippen LogP contribution in [0.1, 0.15) is 38.2 Å². The summed E-state index contributed by atoms with van der Waals surface area (Å²) in [5.41, 5.74) is 7.94. The summed E-state index contributed by atoms with van der Waals surface area (Å²) in [6, 6.07) is 8.50. The Balaban J connectivity index is 1.38. The van der Waals surface area contributed by atoms with Gasteiger partial charge < -0.3 is 11.1 Å². The number of piperazine rings is 1. The van der Waals surface area contributed by atoms with Gasteiger partial charge in [0, 0.05) is 44.5 Å². The van der Waals surface area contributed by atoms with Crippen LogP contribution in [0, 0.1) is 5.92 Å². The molecule has 1 aromatic rings. The van der Waals surface area contributed by atoms with Gasteiger partial charge in [-0.15, -0.1) is 0 Å². The van der Waals surface area contributed by atoms with Gasteiger partial charge in [-0.3, -0.25) is 14.6 Å². The zero-order valence-corrected chi connectivity index (χ0v) is 15.4. The third-order valence-corrected chi connectivity index (χ3v) is 5.49. The normalized spacial score (nSPS) is 25.6. The zero-order chi connectivity index (χ0) is 17.6. The average molecular weight is 345 g/mol. The summed E-state index contributed by atoms with van der Waals surface area (Å²) >= 11 is 0. The molecule has 5 heteroatoms. The Labute approximate surface area is 151 Å². The van der Waals surface area contributed by atoms with Crippen LogP contribution in [0.15, 0.2) is 24.3 Å². The molecule has 1 amide bonds. The molecule has 25 heavy (non-hydrogen) atoms. The molecule has 1 aromatic carbocycles. The van der Waals surface area contributed by atoms with Crippen molar-refractivity contribution in [3.8, 4) is 0 Å². The minimum Gasteiger partial charge on any atom is -0.399 e. The van der Waals surface area contributed by atoms with Crippen molar-refractivity contribution in [1.82, 2.24) is 15.1 Å². The van der Waals surface area contributed by atoms with E-state index in [1.165, 1.54) is 18.4 Å². The number of hydrogen-bond acceptors (Lipinski definition) is 4. The molecule has 2 unspecified atom stereocenters. The number of carbonyl (C=O) groups is 1. The first-order valence-corrected chi connectivity index (χ1v) is 9.67. The van der Waals surface area contributed by atoms with E-state index < -0.39 is 0 Å². The predicted octanol–water partition coefficient (Wildman–Crippen LogP) is 2.08. The third kappa shape index (κ3) is 5.72. The van der Waals surface area contributed by atoms with Gasteiger partial charge in [-0.1, -0.05) is 31.9 Å². The SMILES string of the molecule is CC1CCCC(NC(=O)CN2CCN(Cc3cccc(N)c3)CC2)C1. The first-order valence-electron chi connectivity index (χ1n) is 9.67. The Hall–Kier alpha value is -1.59. The van der Waals surface area contributed by atoms with E-state index in [0.717, 1.165) is 57.2 Å². The van der Waals surface area contributed by atoms with E-state index in [4.69, 9.17) is 5.73 Å². The van der Waals surface area contributed by atoms with Crippen LogP contribution < -0.4 is 11.1 Å². The van der Waals surface area contributed by atoms with Crippen LogP contribution in [0.5, 0.6) is 0 Å². The second-order valence-corrected chi connectivity index (χ2v) is 7.83. The van der Waals surface area contributed by atoms with Crippen molar-refractivity contribution in [1.29, 1.82) is 0 Å². The number of carbonyl (C=O) groups excluding carboxylic acids is 1. The number of nitrogen functional groups attached to an aromatic ring is 1. The molecule has 1 heterocycles. The van der Waals surface area contributed by atoms with E-state index >= 15 is 0 Å². The molecule has 1 saturated carbocycles. The molecule has 3 rings (SSSR count). The fourth-order valence-corrected chi connectivity index (χ4v) is 4.10. The highest BCUT2D eigenvalue weighted by atomic mass is 16.2. The van der Waals surface area contributed by atoms with E-state index in [9.17, 15) is 4.79 Å². The topological polar surface area (TPSA) is 61.6 Å². The van der Waals surface area contributed by atoms with Crippen molar-refractivity contribution in [3.05, 3.63) is 29.8 Å². The molecular formula is C20H32N4O. The molecule has 2 atom stereocenters. The van der Waals surface area contributed by atoms with Crippen LogP contribution in [-0.2, 0) is 11.3 Å². The summed E-state index contributed by atoms with van der Waals surface area (Å²) in [6.45, 7) is 7.68. The summed E-state index contributed by atoms with van der Waals surface area (Å²) in [4.78, 5) is 17.0. The average Bonchev–Trinajstić information content (AvgIpc) is 2.57. The quantitative estimate of drug-likeness (QED) is 0.803. The summed E-state index contributed by atoms with van der Waals surface area (Å²) in [5.74, 6) is 0.943. The van der Waals surface area contributed by atoms with Crippen molar-refractivity contribution >= 4 is 11.6 Å². The molecule has 3 N–H and O–H groups in total. The minimum absolute atomic E-state index is 0.198. The molecule has 1 aliphatic carbocycles. The van der Waals surface area contributed by atoms with Gasteiger partial charge in [0.2, 0.25) is 5.91 Å². The lowest BCUT2D eigenvalue weighted by Gasteiger charge is -2.35. The molecule has 138 valence electrons. The van der Waals surface area contributed by atoms with Crippen molar-refractivity contribution in [3.63, 3.8) is 0 Å². The molecule has 0 spiro atoms. The second-order valence-electron chi connectivity index (χ2n) is 7.83. The standard InChI is InChI=1S/C20H32N4O/c1-16-4-2-7-19(12-16)22-20(25)15-24-10-8-23(9-11-24)14-17-5-3-6-18(21)13-17/h3,5-6,13,16,19H,2,4,7-12,14-15,21H2,1H3,(H,22,25). The Morgan fingerprint density at radius 3 is 2.68 bits per heavy atom. The summed E-state index contributed by atoms with van der Waals surface area (Å²) in [7, 11) is 0. The van der Waals surface area contributed by atoms with Gasteiger partial charge in [0.05, 0.1) is 6.54 Å². The van der Waals surface area contributed by atoms with Crippen molar-refractivity contribution in [2.24, 2.45) is 5.92 Å². The van der Waals surface area contributed by atoms with E-state index in [0.29, 0.717) is 12.6 Å². The van der Waals surface area contributed by atoms with Crippen LogP contribution in [-0.4, -0.2) is 54.5 Å². The fraction of sp³-hybridized carbons (Fsp3) is 0.650. The van der Waals surface area contributed by atoms with Crippen LogP contribution in [0.2, 0.25) is 0 Å². The molecule has 2 fully saturated rings. The number of rotatable bonds is 5. The van der Waals surface area contributed by atoms with Gasteiger partial charge in [-0.2, -0.15) is 0 Å². The van der Waals surface area contributed by atoms with Gasteiger partial charge in [0.25, 0.3) is 0 Å². The van der Waals surface area contributed by atoms with E-state index in [1.54, 1.807) is 0 Å². The number of nitrogens with one attached hydrogen (secondary N) is 1. The maximum Gasteiger partial charge on any atom is 0.234 e. The molecular weight excluding hydrogens is 312 g/mol. The lowest BCUT2D eigenvalue weighted by atomic mass is 9.87. The first-order chi connectivity index (χ1) is 12.1. The summed E-state index contributed by atoms with van der Waals surface area (Å²) < 4.78 is 0. The highest BCUT2D eigenvalue weighted by Crippen LogP contribution is 2.23. The van der Waals surface area contributed by atoms with Crippen LogP contribution in [0.4, 0.5) is 5.69 Å². The van der Waals surface area contributed by atoms with Gasteiger partial charge in [0.1, 0.15) is 0 Å².